The molecule has 1 aromatic rings. The van der Waals surface area contributed by atoms with Gasteiger partial charge in [0.15, 0.2) is 0 Å². The molecule has 6 nitrogen and oxygen atoms in total. The van der Waals surface area contributed by atoms with E-state index in [-0.39, 0.29) is 12.0 Å². The highest BCUT2D eigenvalue weighted by Crippen LogP contribution is 2.30. The zero-order chi connectivity index (χ0) is 15.5. The Hall–Kier alpha value is -1.40. The molecule has 21 heavy (non-hydrogen) atoms. The van der Waals surface area contributed by atoms with E-state index in [4.69, 9.17) is 4.74 Å². The van der Waals surface area contributed by atoms with Crippen LogP contribution < -0.4 is 10.6 Å². The summed E-state index contributed by atoms with van der Waals surface area (Å²) in [5.74, 6) is 1.92. The van der Waals surface area contributed by atoms with Crippen molar-refractivity contribution in [2.45, 2.75) is 51.7 Å². The Labute approximate surface area is 126 Å². The molecule has 3 N–H and O–H groups in total. The van der Waals surface area contributed by atoms with Crippen molar-refractivity contribution in [3.05, 3.63) is 11.9 Å². The number of anilines is 2. The van der Waals surface area contributed by atoms with E-state index in [1.54, 1.807) is 6.33 Å². The average Bonchev–Trinajstić information content (AvgIpc) is 2.77. The van der Waals surface area contributed by atoms with Crippen LogP contribution in [0.25, 0.3) is 0 Å². The van der Waals surface area contributed by atoms with Gasteiger partial charge in [-0.25, -0.2) is 9.97 Å². The van der Waals surface area contributed by atoms with Gasteiger partial charge in [-0.05, 0) is 19.8 Å². The van der Waals surface area contributed by atoms with Crippen LogP contribution in [-0.2, 0) is 4.74 Å². The van der Waals surface area contributed by atoms with Crippen molar-refractivity contribution >= 4 is 11.6 Å². The monoisotopic (exact) mass is 294 g/mol. The fourth-order valence-electron chi connectivity index (χ4n) is 2.63. The van der Waals surface area contributed by atoms with Gasteiger partial charge in [-0.3, -0.25) is 0 Å². The summed E-state index contributed by atoms with van der Waals surface area (Å²) in [7, 11) is 0. The topological polar surface area (TPSA) is 79.3 Å². The zero-order valence-corrected chi connectivity index (χ0v) is 13.3. The van der Waals surface area contributed by atoms with E-state index in [1.807, 2.05) is 13.8 Å². The van der Waals surface area contributed by atoms with Gasteiger partial charge in [0.05, 0.1) is 6.10 Å². The highest BCUT2D eigenvalue weighted by Gasteiger charge is 2.39. The molecule has 1 aliphatic heterocycles. The van der Waals surface area contributed by atoms with Crippen LogP contribution in [0.1, 0.15) is 45.6 Å². The van der Waals surface area contributed by atoms with Crippen molar-refractivity contribution in [1.82, 2.24) is 9.97 Å². The van der Waals surface area contributed by atoms with Gasteiger partial charge in [-0.15, -0.1) is 0 Å². The number of aliphatic hydroxyl groups is 1. The van der Waals surface area contributed by atoms with E-state index in [1.165, 1.54) is 0 Å². The van der Waals surface area contributed by atoms with Crippen LogP contribution in [0.3, 0.4) is 0 Å². The molecule has 0 spiro atoms. The molecular weight excluding hydrogens is 268 g/mol. The minimum absolute atomic E-state index is 0.164. The smallest absolute Gasteiger partial charge is 0.135 e. The first-order valence-corrected chi connectivity index (χ1v) is 7.64. The van der Waals surface area contributed by atoms with E-state index in [0.29, 0.717) is 19.6 Å². The molecule has 0 aliphatic carbocycles. The molecule has 1 aromatic heterocycles. The third kappa shape index (κ3) is 3.44. The number of aromatic nitrogens is 2. The molecule has 2 rings (SSSR count). The maximum Gasteiger partial charge on any atom is 0.135 e. The average molecular weight is 294 g/mol. The molecule has 118 valence electrons. The number of hydrogen-bond donors (Lipinski definition) is 3. The molecule has 0 bridgehead atoms. The summed E-state index contributed by atoms with van der Waals surface area (Å²) in [4.78, 5) is 8.66. The lowest BCUT2D eigenvalue weighted by molar-refractivity contribution is -0.0176. The summed E-state index contributed by atoms with van der Waals surface area (Å²) in [5.41, 5.74) is 0.215. The molecular formula is C15H26N4O2. The van der Waals surface area contributed by atoms with Gasteiger partial charge in [0, 0.05) is 31.7 Å². The Morgan fingerprint density at radius 3 is 2.57 bits per heavy atom. The first-order chi connectivity index (χ1) is 9.98. The Bertz CT molecular complexity index is 481. The van der Waals surface area contributed by atoms with Crippen LogP contribution in [0, 0.1) is 0 Å². The second-order valence-corrected chi connectivity index (χ2v) is 5.89. The van der Waals surface area contributed by atoms with Crippen molar-refractivity contribution in [2.75, 3.05) is 30.3 Å². The molecule has 0 radical (unpaired) electrons. The van der Waals surface area contributed by atoms with Gasteiger partial charge >= 0.3 is 0 Å². The Morgan fingerprint density at radius 1 is 1.38 bits per heavy atom. The van der Waals surface area contributed by atoms with Crippen LogP contribution in [0.5, 0.6) is 0 Å². The molecule has 0 amide bonds. The van der Waals surface area contributed by atoms with Gasteiger partial charge in [0.1, 0.15) is 23.6 Å². The van der Waals surface area contributed by atoms with Gasteiger partial charge in [-0.1, -0.05) is 13.8 Å². The number of nitrogens with zero attached hydrogens (tertiary/aromatic N) is 2. The second-order valence-electron chi connectivity index (χ2n) is 5.89. The summed E-state index contributed by atoms with van der Waals surface area (Å²) in [6.45, 7) is 10.0. The summed E-state index contributed by atoms with van der Waals surface area (Å²) >= 11 is 0. The van der Waals surface area contributed by atoms with Crippen LogP contribution >= 0.6 is 0 Å². The number of hydrogen-bond acceptors (Lipinski definition) is 6. The Morgan fingerprint density at radius 2 is 2.05 bits per heavy atom. The molecule has 2 heterocycles. The van der Waals surface area contributed by atoms with Gasteiger partial charge in [0.25, 0.3) is 0 Å². The molecule has 1 fully saturated rings. The summed E-state index contributed by atoms with van der Waals surface area (Å²) in [5, 5.41) is 17.1. The maximum atomic E-state index is 10.6. The van der Waals surface area contributed by atoms with Gasteiger partial charge < -0.3 is 20.5 Å². The molecule has 6 heteroatoms. The number of nitrogens with one attached hydrogen (secondary N) is 2. The third-order valence-electron chi connectivity index (χ3n) is 4.03. The second kappa shape index (κ2) is 6.58. The maximum absolute atomic E-state index is 10.6. The van der Waals surface area contributed by atoms with E-state index in [2.05, 4.69) is 34.4 Å². The summed E-state index contributed by atoms with van der Waals surface area (Å²) < 4.78 is 5.46. The Kier molecular flexibility index (Phi) is 5.00. The molecule has 1 aliphatic rings. The third-order valence-corrected chi connectivity index (χ3v) is 4.03. The van der Waals surface area contributed by atoms with Crippen molar-refractivity contribution < 1.29 is 9.84 Å². The number of rotatable bonds is 6. The van der Waals surface area contributed by atoms with E-state index in [9.17, 15) is 5.11 Å². The molecule has 1 saturated heterocycles. The minimum atomic E-state index is -0.836. The number of ether oxygens (including phenoxy) is 1. The molecule has 0 aromatic carbocycles. The van der Waals surface area contributed by atoms with Gasteiger partial charge in [-0.2, -0.15) is 0 Å². The lowest BCUT2D eigenvalue weighted by Gasteiger charge is -2.27. The fourth-order valence-corrected chi connectivity index (χ4v) is 2.63. The summed E-state index contributed by atoms with van der Waals surface area (Å²) in [6.07, 6.45) is 2.02. The highest BCUT2D eigenvalue weighted by molar-refractivity contribution is 5.59. The molecule has 0 saturated carbocycles. The largest absolute Gasteiger partial charge is 0.385 e. The van der Waals surface area contributed by atoms with E-state index < -0.39 is 5.60 Å². The quantitative estimate of drug-likeness (QED) is 0.744. The first kappa shape index (κ1) is 16.0. The highest BCUT2D eigenvalue weighted by atomic mass is 16.5. The van der Waals surface area contributed by atoms with E-state index in [0.717, 1.165) is 23.7 Å². The lowest BCUT2D eigenvalue weighted by atomic mass is 9.96. The predicted molar refractivity (Wildman–Crippen MR) is 83.8 cm³/mol. The molecule has 2 atom stereocenters. The van der Waals surface area contributed by atoms with Crippen LogP contribution in [0.4, 0.5) is 11.6 Å². The van der Waals surface area contributed by atoms with Crippen LogP contribution in [0.2, 0.25) is 0 Å². The standard InChI is InChI=1S/C15H26N4O2/c1-5-16-13-12(10(2)3)14(19-9-18-13)17-8-15(20)6-7-21-11(15)4/h9-11,20H,5-8H2,1-4H3,(H2,16,17,18,19). The normalized spacial score (nSPS) is 25.3. The zero-order valence-electron chi connectivity index (χ0n) is 13.3. The van der Waals surface area contributed by atoms with Gasteiger partial charge in [0.2, 0.25) is 0 Å². The first-order valence-electron chi connectivity index (χ1n) is 7.64. The van der Waals surface area contributed by atoms with Crippen molar-refractivity contribution in [2.24, 2.45) is 0 Å². The molecule has 2 unspecified atom stereocenters. The van der Waals surface area contributed by atoms with Crippen LogP contribution in [0.15, 0.2) is 6.33 Å². The van der Waals surface area contributed by atoms with Crippen molar-refractivity contribution in [3.8, 4) is 0 Å². The van der Waals surface area contributed by atoms with Crippen molar-refractivity contribution in [3.63, 3.8) is 0 Å². The lowest BCUT2D eigenvalue weighted by Crippen LogP contribution is -2.43. The fraction of sp³-hybridized carbons (Fsp3) is 0.733. The van der Waals surface area contributed by atoms with Crippen LogP contribution in [-0.4, -0.2) is 46.5 Å². The summed E-state index contributed by atoms with van der Waals surface area (Å²) in [6, 6.07) is 0. The minimum Gasteiger partial charge on any atom is -0.385 e. The van der Waals surface area contributed by atoms with E-state index >= 15 is 0 Å². The Balaban J connectivity index is 2.17. The SMILES string of the molecule is CCNc1ncnc(NCC2(O)CCOC2C)c1C(C)C. The van der Waals surface area contributed by atoms with Crippen molar-refractivity contribution in [1.29, 1.82) is 0 Å². The predicted octanol–water partition coefficient (Wildman–Crippen LogP) is 1.98.